The Hall–Kier alpha value is -2.55. The highest BCUT2D eigenvalue weighted by Crippen LogP contribution is 2.26. The van der Waals surface area contributed by atoms with E-state index in [0.29, 0.717) is 36.3 Å². The number of hydrogen-bond donors (Lipinski definition) is 1. The number of aromatic nitrogens is 4. The van der Waals surface area contributed by atoms with Crippen LogP contribution in [-0.4, -0.2) is 79.7 Å². The molecule has 158 valence electrons. The smallest absolute Gasteiger partial charge is 0.253 e. The molecule has 1 aromatic carbocycles. The lowest BCUT2D eigenvalue weighted by Crippen LogP contribution is -2.49. The van der Waals surface area contributed by atoms with Crippen LogP contribution in [0.25, 0.3) is 17.2 Å². The van der Waals surface area contributed by atoms with E-state index < -0.39 is 0 Å². The quantitative estimate of drug-likeness (QED) is 0.666. The predicted molar refractivity (Wildman–Crippen MR) is 115 cm³/mol. The van der Waals surface area contributed by atoms with Crippen LogP contribution in [0, 0.1) is 13.8 Å². The molecule has 2 aromatic heterocycles. The Kier molecular flexibility index (Phi) is 5.99. The summed E-state index contributed by atoms with van der Waals surface area (Å²) in [4.78, 5) is 26.1. The van der Waals surface area contributed by atoms with E-state index in [1.807, 2.05) is 36.9 Å². The first kappa shape index (κ1) is 20.7. The fourth-order valence-electron chi connectivity index (χ4n) is 3.85. The number of hydrogen-bond acceptors (Lipinski definition) is 6. The summed E-state index contributed by atoms with van der Waals surface area (Å²) >= 11 is 6.30. The van der Waals surface area contributed by atoms with Gasteiger partial charge in [0.15, 0.2) is 5.82 Å². The van der Waals surface area contributed by atoms with Crippen molar-refractivity contribution in [2.24, 2.45) is 0 Å². The molecule has 8 nitrogen and oxygen atoms in total. The monoisotopic (exact) mass is 428 g/mol. The first-order valence-electron chi connectivity index (χ1n) is 10.1. The van der Waals surface area contributed by atoms with Crippen molar-refractivity contribution in [3.8, 4) is 11.4 Å². The number of rotatable bonds is 5. The van der Waals surface area contributed by atoms with Crippen molar-refractivity contribution in [3.05, 3.63) is 46.2 Å². The number of aliphatic hydroxyl groups is 1. The molecule has 3 heterocycles. The molecule has 0 atom stereocenters. The SMILES string of the molecule is Cc1nc2nc(-c3ccccc3Cl)nn2c(C)c1CC(=O)N1CCN(CCO)CC1. The van der Waals surface area contributed by atoms with Gasteiger partial charge >= 0.3 is 0 Å². The number of aliphatic hydroxyl groups excluding tert-OH is 1. The van der Waals surface area contributed by atoms with E-state index in [0.717, 1.165) is 35.6 Å². The molecule has 30 heavy (non-hydrogen) atoms. The third kappa shape index (κ3) is 4.03. The number of fused-ring (bicyclic) bond motifs is 1. The van der Waals surface area contributed by atoms with Gasteiger partial charge in [-0.25, -0.2) is 9.50 Å². The number of carbonyl (C=O) groups is 1. The lowest BCUT2D eigenvalue weighted by molar-refractivity contribution is -0.132. The summed E-state index contributed by atoms with van der Waals surface area (Å²) in [6.45, 7) is 7.55. The zero-order valence-corrected chi connectivity index (χ0v) is 17.9. The maximum Gasteiger partial charge on any atom is 0.253 e. The zero-order chi connectivity index (χ0) is 21.3. The van der Waals surface area contributed by atoms with E-state index in [4.69, 9.17) is 16.7 Å². The van der Waals surface area contributed by atoms with Crippen LogP contribution >= 0.6 is 11.6 Å². The second-order valence-electron chi connectivity index (χ2n) is 7.51. The van der Waals surface area contributed by atoms with Crippen molar-refractivity contribution in [1.82, 2.24) is 29.4 Å². The minimum absolute atomic E-state index is 0.0810. The molecule has 0 aliphatic carbocycles. The van der Waals surface area contributed by atoms with Crippen LogP contribution in [0.5, 0.6) is 0 Å². The van der Waals surface area contributed by atoms with Gasteiger partial charge in [0.1, 0.15) is 0 Å². The molecule has 0 unspecified atom stereocenters. The maximum absolute atomic E-state index is 12.9. The molecule has 0 bridgehead atoms. The fraction of sp³-hybridized carbons (Fsp3) is 0.429. The number of benzene rings is 1. The summed E-state index contributed by atoms with van der Waals surface area (Å²) in [6.07, 6.45) is 0.280. The highest BCUT2D eigenvalue weighted by molar-refractivity contribution is 6.33. The second kappa shape index (κ2) is 8.67. The highest BCUT2D eigenvalue weighted by atomic mass is 35.5. The molecule has 1 saturated heterocycles. The molecule has 0 saturated carbocycles. The van der Waals surface area contributed by atoms with Gasteiger partial charge in [0.05, 0.1) is 18.1 Å². The normalized spacial score (nSPS) is 15.1. The molecular weight excluding hydrogens is 404 g/mol. The van der Waals surface area contributed by atoms with Crippen LogP contribution in [0.1, 0.15) is 17.0 Å². The minimum atomic E-state index is 0.0810. The predicted octanol–water partition coefficient (Wildman–Crippen LogP) is 1.74. The van der Waals surface area contributed by atoms with Crippen molar-refractivity contribution >= 4 is 23.3 Å². The summed E-state index contributed by atoms with van der Waals surface area (Å²) < 4.78 is 1.69. The Morgan fingerprint density at radius 3 is 2.57 bits per heavy atom. The lowest BCUT2D eigenvalue weighted by Gasteiger charge is -2.34. The first-order chi connectivity index (χ1) is 14.5. The number of aryl methyl sites for hydroxylation is 2. The van der Waals surface area contributed by atoms with E-state index in [-0.39, 0.29) is 18.9 Å². The second-order valence-corrected chi connectivity index (χ2v) is 7.92. The van der Waals surface area contributed by atoms with Gasteiger partial charge in [-0.15, -0.1) is 5.10 Å². The molecule has 3 aromatic rings. The van der Waals surface area contributed by atoms with Crippen LogP contribution in [0.3, 0.4) is 0 Å². The largest absolute Gasteiger partial charge is 0.395 e. The van der Waals surface area contributed by atoms with Gasteiger partial charge in [-0.1, -0.05) is 23.7 Å². The third-order valence-corrected chi connectivity index (χ3v) is 5.96. The Labute approximate surface area is 180 Å². The van der Waals surface area contributed by atoms with Gasteiger partial charge in [-0.3, -0.25) is 9.69 Å². The number of amides is 1. The lowest BCUT2D eigenvalue weighted by atomic mass is 10.1. The third-order valence-electron chi connectivity index (χ3n) is 5.63. The summed E-state index contributed by atoms with van der Waals surface area (Å²) in [5.41, 5.74) is 3.27. The highest BCUT2D eigenvalue weighted by Gasteiger charge is 2.23. The standard InChI is InChI=1S/C21H25ClN6O2/c1-14-17(13-19(30)27-9-7-26(8-10-27)11-12-29)15(2)28-21(23-14)24-20(25-28)16-5-3-4-6-18(16)22/h3-6,29H,7-13H2,1-2H3. The average Bonchev–Trinajstić information content (AvgIpc) is 3.16. The van der Waals surface area contributed by atoms with Gasteiger partial charge in [0, 0.05) is 55.2 Å². The zero-order valence-electron chi connectivity index (χ0n) is 17.2. The Bertz CT molecular complexity index is 1070. The molecular formula is C21H25ClN6O2. The molecule has 1 N–H and O–H groups in total. The van der Waals surface area contributed by atoms with E-state index in [9.17, 15) is 4.79 Å². The van der Waals surface area contributed by atoms with E-state index in [2.05, 4.69) is 20.0 Å². The number of nitrogens with zero attached hydrogens (tertiary/aromatic N) is 6. The van der Waals surface area contributed by atoms with Crippen LogP contribution < -0.4 is 0 Å². The molecule has 0 spiro atoms. The molecule has 1 fully saturated rings. The number of halogens is 1. The molecule has 4 rings (SSSR count). The van der Waals surface area contributed by atoms with Crippen LogP contribution in [-0.2, 0) is 11.2 Å². The number of β-amino-alcohol motifs (C(OH)–C–C–N with tert-alkyl or cyclic N) is 1. The van der Waals surface area contributed by atoms with Gasteiger partial charge in [0.2, 0.25) is 5.91 Å². The Morgan fingerprint density at radius 1 is 1.13 bits per heavy atom. The van der Waals surface area contributed by atoms with Gasteiger partial charge < -0.3 is 10.0 Å². The van der Waals surface area contributed by atoms with Crippen LogP contribution in [0.15, 0.2) is 24.3 Å². The van der Waals surface area contributed by atoms with E-state index in [1.54, 1.807) is 10.6 Å². The molecule has 9 heteroatoms. The van der Waals surface area contributed by atoms with Crippen LogP contribution in [0.4, 0.5) is 0 Å². The van der Waals surface area contributed by atoms with Gasteiger partial charge in [0.25, 0.3) is 5.78 Å². The van der Waals surface area contributed by atoms with Crippen molar-refractivity contribution in [3.63, 3.8) is 0 Å². The number of piperazine rings is 1. The van der Waals surface area contributed by atoms with Crippen molar-refractivity contribution in [1.29, 1.82) is 0 Å². The van der Waals surface area contributed by atoms with E-state index >= 15 is 0 Å². The summed E-state index contributed by atoms with van der Waals surface area (Å²) in [6, 6.07) is 7.43. The summed E-state index contributed by atoms with van der Waals surface area (Å²) in [7, 11) is 0. The molecule has 1 aliphatic heterocycles. The number of carbonyl (C=O) groups excluding carboxylic acids is 1. The molecule has 0 radical (unpaired) electrons. The van der Waals surface area contributed by atoms with Crippen molar-refractivity contribution in [2.45, 2.75) is 20.3 Å². The van der Waals surface area contributed by atoms with E-state index in [1.165, 1.54) is 0 Å². The van der Waals surface area contributed by atoms with Crippen LogP contribution in [0.2, 0.25) is 5.02 Å². The fourth-order valence-corrected chi connectivity index (χ4v) is 4.07. The summed E-state index contributed by atoms with van der Waals surface area (Å²) in [5, 5.41) is 14.3. The average molecular weight is 429 g/mol. The minimum Gasteiger partial charge on any atom is -0.395 e. The topological polar surface area (TPSA) is 86.9 Å². The Balaban J connectivity index is 1.57. The van der Waals surface area contributed by atoms with Gasteiger partial charge in [-0.2, -0.15) is 4.98 Å². The summed E-state index contributed by atoms with van der Waals surface area (Å²) in [5.74, 6) is 1.09. The first-order valence-corrected chi connectivity index (χ1v) is 10.4. The molecule has 1 aliphatic rings. The van der Waals surface area contributed by atoms with Gasteiger partial charge in [-0.05, 0) is 26.0 Å². The Morgan fingerprint density at radius 2 is 1.87 bits per heavy atom. The van der Waals surface area contributed by atoms with Crippen molar-refractivity contribution in [2.75, 3.05) is 39.3 Å². The molecule has 1 amide bonds. The van der Waals surface area contributed by atoms with Crippen molar-refractivity contribution < 1.29 is 9.90 Å². The maximum atomic E-state index is 12.9.